The average Bonchev–Trinajstić information content (AvgIpc) is 2.71. The van der Waals surface area contributed by atoms with Gasteiger partial charge in [0.25, 0.3) is 0 Å². The zero-order chi connectivity index (χ0) is 20.8. The molecule has 4 nitrogen and oxygen atoms in total. The van der Waals surface area contributed by atoms with Gasteiger partial charge in [-0.05, 0) is 80.9 Å². The largest absolute Gasteiger partial charge is 0.481 e. The van der Waals surface area contributed by atoms with Crippen molar-refractivity contribution in [3.05, 3.63) is 65.2 Å². The van der Waals surface area contributed by atoms with Crippen LogP contribution in [0.4, 0.5) is 5.69 Å². The van der Waals surface area contributed by atoms with E-state index in [0.29, 0.717) is 5.92 Å². The highest BCUT2D eigenvalue weighted by molar-refractivity contribution is 7.80. The van der Waals surface area contributed by atoms with Crippen molar-refractivity contribution in [2.24, 2.45) is 11.8 Å². The van der Waals surface area contributed by atoms with E-state index in [2.05, 4.69) is 60.5 Å². The van der Waals surface area contributed by atoms with Gasteiger partial charge in [-0.15, -0.1) is 0 Å². The molecule has 29 heavy (non-hydrogen) atoms. The fourth-order valence-corrected chi connectivity index (χ4v) is 4.21. The normalized spacial score (nSPS) is 18.8. The Morgan fingerprint density at radius 1 is 1.07 bits per heavy atom. The van der Waals surface area contributed by atoms with E-state index < -0.39 is 5.97 Å². The highest BCUT2D eigenvalue weighted by atomic mass is 32.1. The number of benzene rings is 2. The lowest BCUT2D eigenvalue weighted by Crippen LogP contribution is -2.39. The van der Waals surface area contributed by atoms with Crippen molar-refractivity contribution < 1.29 is 9.90 Å². The standard InChI is InChI=1S/C24H30N2O2S/c1-17-7-13-22(14-8-17)25-24(29)26(16-21-6-4-3-5-18(21)2)15-19-9-11-20(12-10-19)23(27)28/h3-8,13-14,19-20H,9-12,15-16H2,1-2H3,(H,25,29)(H,27,28). The van der Waals surface area contributed by atoms with Crippen molar-refractivity contribution >= 4 is 29.0 Å². The predicted molar refractivity (Wildman–Crippen MR) is 122 cm³/mol. The average molecular weight is 411 g/mol. The second-order valence-electron chi connectivity index (χ2n) is 8.16. The minimum absolute atomic E-state index is 0.186. The maximum Gasteiger partial charge on any atom is 0.306 e. The third kappa shape index (κ3) is 6.04. The van der Waals surface area contributed by atoms with E-state index in [1.54, 1.807) is 0 Å². The molecule has 0 spiro atoms. The van der Waals surface area contributed by atoms with E-state index in [-0.39, 0.29) is 5.92 Å². The molecule has 0 saturated heterocycles. The van der Waals surface area contributed by atoms with Crippen molar-refractivity contribution in [2.75, 3.05) is 11.9 Å². The molecular formula is C24H30N2O2S. The Hall–Kier alpha value is -2.40. The number of hydrogen-bond donors (Lipinski definition) is 2. The summed E-state index contributed by atoms with van der Waals surface area (Å²) in [7, 11) is 0. The number of anilines is 1. The number of nitrogens with zero attached hydrogens (tertiary/aromatic N) is 1. The molecule has 0 aliphatic heterocycles. The molecule has 2 N–H and O–H groups in total. The van der Waals surface area contributed by atoms with Crippen molar-refractivity contribution in [3.63, 3.8) is 0 Å². The fraction of sp³-hybridized carbons (Fsp3) is 0.417. The Morgan fingerprint density at radius 3 is 2.34 bits per heavy atom. The van der Waals surface area contributed by atoms with Crippen molar-refractivity contribution in [2.45, 2.75) is 46.1 Å². The van der Waals surface area contributed by atoms with Crippen LogP contribution in [-0.4, -0.2) is 27.6 Å². The van der Waals surface area contributed by atoms with Crippen LogP contribution in [0.25, 0.3) is 0 Å². The van der Waals surface area contributed by atoms with Crippen LogP contribution in [0.2, 0.25) is 0 Å². The van der Waals surface area contributed by atoms with Crippen LogP contribution in [0.5, 0.6) is 0 Å². The van der Waals surface area contributed by atoms with E-state index in [1.165, 1.54) is 16.7 Å². The van der Waals surface area contributed by atoms with Gasteiger partial charge in [-0.25, -0.2) is 0 Å². The summed E-state index contributed by atoms with van der Waals surface area (Å²) in [5.41, 5.74) is 4.73. The van der Waals surface area contributed by atoms with Crippen LogP contribution < -0.4 is 5.32 Å². The van der Waals surface area contributed by atoms with Crippen LogP contribution in [0.3, 0.4) is 0 Å². The van der Waals surface area contributed by atoms with E-state index in [1.807, 2.05) is 12.1 Å². The van der Waals surface area contributed by atoms with E-state index in [9.17, 15) is 9.90 Å². The summed E-state index contributed by atoms with van der Waals surface area (Å²) in [4.78, 5) is 13.5. The molecule has 2 aromatic rings. The summed E-state index contributed by atoms with van der Waals surface area (Å²) >= 11 is 5.79. The van der Waals surface area contributed by atoms with Crippen molar-refractivity contribution in [3.8, 4) is 0 Å². The first-order valence-corrected chi connectivity index (χ1v) is 10.7. The first-order valence-electron chi connectivity index (χ1n) is 10.3. The highest BCUT2D eigenvalue weighted by Gasteiger charge is 2.27. The zero-order valence-electron chi connectivity index (χ0n) is 17.2. The molecule has 0 heterocycles. The number of rotatable bonds is 6. The van der Waals surface area contributed by atoms with Crippen LogP contribution in [-0.2, 0) is 11.3 Å². The molecule has 0 aromatic heterocycles. The monoisotopic (exact) mass is 410 g/mol. The molecule has 0 bridgehead atoms. The fourth-order valence-electron chi connectivity index (χ4n) is 3.96. The van der Waals surface area contributed by atoms with Gasteiger partial charge in [-0.2, -0.15) is 0 Å². The minimum atomic E-state index is -0.656. The summed E-state index contributed by atoms with van der Waals surface area (Å²) in [5.74, 6) is -0.377. The number of aryl methyl sites for hydroxylation is 2. The molecule has 0 amide bonds. The smallest absolute Gasteiger partial charge is 0.306 e. The van der Waals surface area contributed by atoms with Crippen LogP contribution in [0, 0.1) is 25.7 Å². The number of thiocarbonyl (C=S) groups is 1. The number of carboxylic acids is 1. The van der Waals surface area contributed by atoms with Gasteiger partial charge in [0.15, 0.2) is 5.11 Å². The summed E-state index contributed by atoms with van der Waals surface area (Å²) in [5, 5.41) is 13.4. The Bertz CT molecular complexity index is 842. The first kappa shape index (κ1) is 21.3. The van der Waals surface area contributed by atoms with Gasteiger partial charge in [0.2, 0.25) is 0 Å². The molecule has 0 radical (unpaired) electrons. The van der Waals surface area contributed by atoms with Crippen LogP contribution >= 0.6 is 12.2 Å². The molecule has 1 saturated carbocycles. The van der Waals surface area contributed by atoms with Gasteiger partial charge in [-0.1, -0.05) is 42.0 Å². The molecule has 1 aliphatic rings. The highest BCUT2D eigenvalue weighted by Crippen LogP contribution is 2.30. The number of hydrogen-bond acceptors (Lipinski definition) is 2. The van der Waals surface area contributed by atoms with E-state index in [4.69, 9.17) is 12.2 Å². The Morgan fingerprint density at radius 2 is 1.72 bits per heavy atom. The van der Waals surface area contributed by atoms with Gasteiger partial charge in [0, 0.05) is 18.8 Å². The van der Waals surface area contributed by atoms with Crippen molar-refractivity contribution in [1.29, 1.82) is 0 Å². The lowest BCUT2D eigenvalue weighted by Gasteiger charge is -2.33. The third-order valence-corrected chi connectivity index (χ3v) is 6.25. The Balaban J connectivity index is 1.70. The maximum atomic E-state index is 11.3. The van der Waals surface area contributed by atoms with E-state index in [0.717, 1.165) is 49.6 Å². The number of carbonyl (C=O) groups is 1. The van der Waals surface area contributed by atoms with E-state index >= 15 is 0 Å². The third-order valence-electron chi connectivity index (χ3n) is 5.89. The van der Waals surface area contributed by atoms with Gasteiger partial charge >= 0.3 is 5.97 Å². The van der Waals surface area contributed by atoms with Crippen molar-refractivity contribution in [1.82, 2.24) is 4.90 Å². The summed E-state index contributed by atoms with van der Waals surface area (Å²) in [6, 6.07) is 16.6. The lowest BCUT2D eigenvalue weighted by molar-refractivity contribution is -0.143. The maximum absolute atomic E-state index is 11.3. The quantitative estimate of drug-likeness (QED) is 0.625. The molecule has 1 fully saturated rings. The minimum Gasteiger partial charge on any atom is -0.481 e. The lowest BCUT2D eigenvalue weighted by atomic mass is 9.82. The summed E-state index contributed by atoms with van der Waals surface area (Å²) in [6.45, 7) is 5.80. The first-order chi connectivity index (χ1) is 13.9. The molecule has 154 valence electrons. The topological polar surface area (TPSA) is 52.6 Å². The van der Waals surface area contributed by atoms with Crippen LogP contribution in [0.1, 0.15) is 42.4 Å². The second-order valence-corrected chi connectivity index (χ2v) is 8.55. The van der Waals surface area contributed by atoms with Gasteiger partial charge in [0.1, 0.15) is 0 Å². The molecule has 1 aliphatic carbocycles. The molecule has 5 heteroatoms. The predicted octanol–water partition coefficient (Wildman–Crippen LogP) is 5.39. The van der Waals surface area contributed by atoms with Crippen LogP contribution in [0.15, 0.2) is 48.5 Å². The Kier molecular flexibility index (Phi) is 7.26. The number of nitrogens with one attached hydrogen (secondary N) is 1. The summed E-state index contributed by atoms with van der Waals surface area (Å²) in [6.07, 6.45) is 3.40. The summed E-state index contributed by atoms with van der Waals surface area (Å²) < 4.78 is 0. The SMILES string of the molecule is Cc1ccc(NC(=S)N(Cc2ccccc2C)CC2CCC(C(=O)O)CC2)cc1. The molecule has 2 aromatic carbocycles. The van der Waals surface area contributed by atoms with Gasteiger partial charge in [-0.3, -0.25) is 4.79 Å². The Labute approximate surface area is 178 Å². The van der Waals surface area contributed by atoms with Gasteiger partial charge in [0.05, 0.1) is 5.92 Å². The molecule has 0 unspecified atom stereocenters. The second kappa shape index (κ2) is 9.88. The van der Waals surface area contributed by atoms with Gasteiger partial charge < -0.3 is 15.3 Å². The number of carboxylic acid groups (broad SMARTS) is 1. The zero-order valence-corrected chi connectivity index (χ0v) is 18.0. The molecule has 0 atom stereocenters. The molecule has 3 rings (SSSR count). The number of aliphatic carboxylic acids is 1. The molecular weight excluding hydrogens is 380 g/mol.